The minimum absolute atomic E-state index is 0.0535. The van der Waals surface area contributed by atoms with Crippen molar-refractivity contribution in [1.82, 2.24) is 0 Å². The summed E-state index contributed by atoms with van der Waals surface area (Å²) in [6, 6.07) is 3.31. The number of anilines is 2. The molecule has 0 spiro atoms. The smallest absolute Gasteiger partial charge is 0.161 e. The average Bonchev–Trinajstić information content (AvgIpc) is 2.02. The fourth-order valence-corrected chi connectivity index (χ4v) is 1.57. The van der Waals surface area contributed by atoms with Gasteiger partial charge in [-0.05, 0) is 19.1 Å². The Balaban J connectivity index is 3.34. The van der Waals surface area contributed by atoms with Crippen molar-refractivity contribution in [2.45, 2.75) is 6.92 Å². The minimum atomic E-state index is -0.0535. The van der Waals surface area contributed by atoms with E-state index in [9.17, 15) is 4.79 Å². The molecule has 4 heteroatoms. The number of nitrogen functional groups attached to an aromatic ring is 1. The summed E-state index contributed by atoms with van der Waals surface area (Å²) in [7, 11) is 3.72. The molecule has 0 saturated heterocycles. The van der Waals surface area contributed by atoms with E-state index >= 15 is 0 Å². The van der Waals surface area contributed by atoms with Gasteiger partial charge < -0.3 is 10.6 Å². The molecule has 1 aromatic rings. The molecule has 0 unspecified atom stereocenters. The fourth-order valence-electron chi connectivity index (χ4n) is 1.22. The highest BCUT2D eigenvalue weighted by molar-refractivity contribution is 6.33. The molecule has 0 amide bonds. The second kappa shape index (κ2) is 3.88. The molecule has 0 saturated carbocycles. The van der Waals surface area contributed by atoms with Gasteiger partial charge in [0.15, 0.2) is 5.78 Å². The van der Waals surface area contributed by atoms with Crippen LogP contribution in [0.15, 0.2) is 12.1 Å². The van der Waals surface area contributed by atoms with Crippen LogP contribution in [-0.4, -0.2) is 19.9 Å². The van der Waals surface area contributed by atoms with E-state index in [1.807, 2.05) is 19.0 Å². The van der Waals surface area contributed by atoms with Crippen molar-refractivity contribution >= 4 is 28.8 Å². The molecular formula is C10H13ClN2O. The van der Waals surface area contributed by atoms with Gasteiger partial charge in [0.05, 0.1) is 10.7 Å². The Labute approximate surface area is 88.5 Å². The summed E-state index contributed by atoms with van der Waals surface area (Å²) < 4.78 is 0. The maximum absolute atomic E-state index is 11.2. The summed E-state index contributed by atoms with van der Waals surface area (Å²) in [4.78, 5) is 13.1. The van der Waals surface area contributed by atoms with Crippen LogP contribution in [0.5, 0.6) is 0 Å². The van der Waals surface area contributed by atoms with Crippen LogP contribution in [0.2, 0.25) is 5.02 Å². The molecule has 0 aliphatic carbocycles. The van der Waals surface area contributed by atoms with Gasteiger partial charge in [0.2, 0.25) is 0 Å². The Bertz CT molecular complexity index is 375. The Morgan fingerprint density at radius 3 is 2.43 bits per heavy atom. The molecule has 1 rings (SSSR count). The molecule has 0 fully saturated rings. The van der Waals surface area contributed by atoms with Crippen LogP contribution in [0.25, 0.3) is 0 Å². The first kappa shape index (κ1) is 10.9. The molecule has 0 aliphatic rings. The van der Waals surface area contributed by atoms with Crippen molar-refractivity contribution in [3.05, 3.63) is 22.7 Å². The van der Waals surface area contributed by atoms with E-state index in [0.29, 0.717) is 16.3 Å². The molecule has 3 nitrogen and oxygen atoms in total. The molecule has 0 aliphatic heterocycles. The first-order valence-corrected chi connectivity index (χ1v) is 4.58. The van der Waals surface area contributed by atoms with Crippen molar-refractivity contribution in [3.63, 3.8) is 0 Å². The quantitative estimate of drug-likeness (QED) is 0.604. The van der Waals surface area contributed by atoms with E-state index in [1.54, 1.807) is 12.1 Å². The van der Waals surface area contributed by atoms with Gasteiger partial charge >= 0.3 is 0 Å². The first-order chi connectivity index (χ1) is 6.43. The van der Waals surface area contributed by atoms with Crippen LogP contribution in [0, 0.1) is 0 Å². The number of Topliss-reactive ketones (excluding diaryl/α,β-unsaturated/α-hetero) is 1. The van der Waals surface area contributed by atoms with Crippen LogP contribution in [-0.2, 0) is 0 Å². The Morgan fingerprint density at radius 2 is 2.00 bits per heavy atom. The molecule has 1 aromatic carbocycles. The van der Waals surface area contributed by atoms with Gasteiger partial charge in [-0.15, -0.1) is 0 Å². The highest BCUT2D eigenvalue weighted by Crippen LogP contribution is 2.29. The second-order valence-corrected chi connectivity index (χ2v) is 3.75. The summed E-state index contributed by atoms with van der Waals surface area (Å²) in [5.41, 5.74) is 7.40. The van der Waals surface area contributed by atoms with E-state index in [4.69, 9.17) is 17.3 Å². The zero-order chi connectivity index (χ0) is 10.9. The van der Waals surface area contributed by atoms with Crippen molar-refractivity contribution in [3.8, 4) is 0 Å². The average molecular weight is 213 g/mol. The third-order valence-corrected chi connectivity index (χ3v) is 2.28. The second-order valence-electron chi connectivity index (χ2n) is 3.34. The number of hydrogen-bond acceptors (Lipinski definition) is 3. The number of nitrogens with two attached hydrogens (primary N) is 1. The zero-order valence-corrected chi connectivity index (χ0v) is 9.22. The SMILES string of the molecule is CC(=O)c1cc(N(C)C)c(Cl)cc1N. The van der Waals surface area contributed by atoms with Crippen molar-refractivity contribution in [2.75, 3.05) is 24.7 Å². The van der Waals surface area contributed by atoms with Gasteiger partial charge in [0.1, 0.15) is 0 Å². The molecule has 0 heterocycles. The highest BCUT2D eigenvalue weighted by Gasteiger charge is 2.10. The normalized spacial score (nSPS) is 10.0. The van der Waals surface area contributed by atoms with Gasteiger partial charge in [0, 0.05) is 25.3 Å². The number of rotatable bonds is 2. The van der Waals surface area contributed by atoms with E-state index < -0.39 is 0 Å². The molecule has 0 radical (unpaired) electrons. The van der Waals surface area contributed by atoms with E-state index in [0.717, 1.165) is 5.69 Å². The lowest BCUT2D eigenvalue weighted by Gasteiger charge is -2.16. The van der Waals surface area contributed by atoms with Gasteiger partial charge in [-0.2, -0.15) is 0 Å². The van der Waals surface area contributed by atoms with Crippen molar-refractivity contribution < 1.29 is 4.79 Å². The Morgan fingerprint density at radius 1 is 1.43 bits per heavy atom. The van der Waals surface area contributed by atoms with E-state index in [-0.39, 0.29) is 5.78 Å². The molecule has 0 bridgehead atoms. The number of carbonyl (C=O) groups excluding carboxylic acids is 1. The van der Waals surface area contributed by atoms with Crippen molar-refractivity contribution in [2.24, 2.45) is 0 Å². The molecular weight excluding hydrogens is 200 g/mol. The summed E-state index contributed by atoms with van der Waals surface area (Å²) >= 11 is 5.97. The number of nitrogens with zero attached hydrogens (tertiary/aromatic N) is 1. The summed E-state index contributed by atoms with van der Waals surface area (Å²) in [5.74, 6) is -0.0535. The van der Waals surface area contributed by atoms with E-state index in [2.05, 4.69) is 0 Å². The van der Waals surface area contributed by atoms with Crippen molar-refractivity contribution in [1.29, 1.82) is 0 Å². The van der Waals surface area contributed by atoms with Gasteiger partial charge in [-0.1, -0.05) is 11.6 Å². The fraction of sp³-hybridized carbons (Fsp3) is 0.300. The lowest BCUT2D eigenvalue weighted by molar-refractivity contribution is 0.101. The summed E-state index contributed by atoms with van der Waals surface area (Å²) in [5, 5.41) is 0.553. The highest BCUT2D eigenvalue weighted by atomic mass is 35.5. The van der Waals surface area contributed by atoms with Crippen LogP contribution in [0.4, 0.5) is 11.4 Å². The standard InChI is InChI=1S/C10H13ClN2O/c1-6(14)7-4-10(13(2)3)8(11)5-9(7)12/h4-5H,12H2,1-3H3. The summed E-state index contributed by atoms with van der Waals surface area (Å²) in [6.07, 6.45) is 0. The predicted molar refractivity (Wildman–Crippen MR) is 60.2 cm³/mol. The third kappa shape index (κ3) is 1.99. The first-order valence-electron chi connectivity index (χ1n) is 4.20. The van der Waals surface area contributed by atoms with Crippen LogP contribution < -0.4 is 10.6 Å². The monoisotopic (exact) mass is 212 g/mol. The minimum Gasteiger partial charge on any atom is -0.398 e. The Kier molecular flexibility index (Phi) is 3.01. The predicted octanol–water partition coefficient (Wildman–Crippen LogP) is 2.19. The molecule has 2 N–H and O–H groups in total. The lowest BCUT2D eigenvalue weighted by Crippen LogP contribution is -2.11. The molecule has 76 valence electrons. The largest absolute Gasteiger partial charge is 0.398 e. The maximum atomic E-state index is 11.2. The molecule has 14 heavy (non-hydrogen) atoms. The number of hydrogen-bond donors (Lipinski definition) is 1. The maximum Gasteiger partial charge on any atom is 0.161 e. The zero-order valence-electron chi connectivity index (χ0n) is 8.47. The van der Waals surface area contributed by atoms with Crippen LogP contribution in [0.1, 0.15) is 17.3 Å². The third-order valence-electron chi connectivity index (χ3n) is 1.98. The van der Waals surface area contributed by atoms with E-state index in [1.165, 1.54) is 6.92 Å². The number of benzene rings is 1. The number of carbonyl (C=O) groups is 1. The van der Waals surface area contributed by atoms with Crippen LogP contribution in [0.3, 0.4) is 0 Å². The topological polar surface area (TPSA) is 46.3 Å². The Hall–Kier alpha value is -1.22. The van der Waals surface area contributed by atoms with Gasteiger partial charge in [-0.3, -0.25) is 4.79 Å². The van der Waals surface area contributed by atoms with Gasteiger partial charge in [0.25, 0.3) is 0 Å². The number of ketones is 1. The van der Waals surface area contributed by atoms with Gasteiger partial charge in [-0.25, -0.2) is 0 Å². The molecule has 0 atom stereocenters. The molecule has 0 aromatic heterocycles. The van der Waals surface area contributed by atoms with Crippen LogP contribution >= 0.6 is 11.6 Å². The lowest BCUT2D eigenvalue weighted by atomic mass is 10.1. The summed E-state index contributed by atoms with van der Waals surface area (Å²) in [6.45, 7) is 1.49. The number of halogens is 1.